The molecular formula is C23H25NO. The third kappa shape index (κ3) is 3.33. The van der Waals surface area contributed by atoms with Gasteiger partial charge in [0.15, 0.2) is 0 Å². The summed E-state index contributed by atoms with van der Waals surface area (Å²) in [6.07, 6.45) is 3.33. The van der Waals surface area contributed by atoms with Crippen LogP contribution in [0.25, 0.3) is 0 Å². The molecule has 0 bridgehead atoms. The number of hydrogen-bond donors (Lipinski definition) is 0. The lowest BCUT2D eigenvalue weighted by Crippen LogP contribution is -2.17. The Balaban J connectivity index is 1.94. The maximum Gasteiger partial charge on any atom is 0.127 e. The molecule has 1 fully saturated rings. The first-order valence-electron chi connectivity index (χ1n) is 8.76. The third-order valence-corrected chi connectivity index (χ3v) is 5.23. The Morgan fingerprint density at radius 1 is 1.08 bits per heavy atom. The number of ether oxygens (including phenoxy) is 1. The second-order valence-corrected chi connectivity index (χ2v) is 7.87. The van der Waals surface area contributed by atoms with Gasteiger partial charge < -0.3 is 4.74 Å². The summed E-state index contributed by atoms with van der Waals surface area (Å²) in [5.74, 6) is 1.41. The first-order valence-corrected chi connectivity index (χ1v) is 8.76. The second-order valence-electron chi connectivity index (χ2n) is 7.87. The van der Waals surface area contributed by atoms with Gasteiger partial charge in [0.05, 0.1) is 12.0 Å². The molecular weight excluding hydrogens is 306 g/mol. The van der Waals surface area contributed by atoms with E-state index in [1.807, 2.05) is 54.6 Å². The molecule has 2 aromatic rings. The van der Waals surface area contributed by atoms with Gasteiger partial charge in [-0.3, -0.25) is 0 Å². The van der Waals surface area contributed by atoms with Crippen LogP contribution in [0, 0.1) is 22.2 Å². The highest BCUT2D eigenvalue weighted by Crippen LogP contribution is 2.71. The van der Waals surface area contributed by atoms with Gasteiger partial charge in [0.25, 0.3) is 0 Å². The van der Waals surface area contributed by atoms with Crippen LogP contribution in [0.5, 0.6) is 11.5 Å². The minimum Gasteiger partial charge on any atom is -0.457 e. The van der Waals surface area contributed by atoms with Crippen molar-refractivity contribution in [2.45, 2.75) is 40.0 Å². The number of nitriles is 1. The first kappa shape index (κ1) is 17.3. The first-order chi connectivity index (χ1) is 11.9. The second kappa shape index (κ2) is 6.41. The zero-order chi connectivity index (χ0) is 18.1. The Morgan fingerprint density at radius 3 is 2.28 bits per heavy atom. The van der Waals surface area contributed by atoms with Gasteiger partial charge in [0.2, 0.25) is 0 Å². The molecule has 1 aliphatic carbocycles. The molecule has 1 unspecified atom stereocenters. The van der Waals surface area contributed by atoms with Crippen LogP contribution in [0.4, 0.5) is 0 Å². The van der Waals surface area contributed by atoms with Gasteiger partial charge in [-0.05, 0) is 55.5 Å². The summed E-state index contributed by atoms with van der Waals surface area (Å²) in [6, 6.07) is 20.3. The number of allylic oxidation sites excluding steroid dienone is 2. The lowest BCUT2D eigenvalue weighted by atomic mass is 9.78. The molecule has 2 nitrogen and oxygen atoms in total. The fourth-order valence-corrected chi connectivity index (χ4v) is 3.89. The summed E-state index contributed by atoms with van der Waals surface area (Å²) < 4.78 is 5.95. The van der Waals surface area contributed by atoms with Gasteiger partial charge in [-0.25, -0.2) is 0 Å². The minimum atomic E-state index is -0.170. The summed E-state index contributed by atoms with van der Waals surface area (Å²) in [5.41, 5.74) is 2.34. The van der Waals surface area contributed by atoms with Crippen LogP contribution in [0.2, 0.25) is 0 Å². The Kier molecular flexibility index (Phi) is 4.43. The van der Waals surface area contributed by atoms with Crippen molar-refractivity contribution in [2.75, 3.05) is 0 Å². The molecule has 25 heavy (non-hydrogen) atoms. The van der Waals surface area contributed by atoms with Crippen molar-refractivity contribution in [3.8, 4) is 17.6 Å². The van der Waals surface area contributed by atoms with Gasteiger partial charge in [-0.1, -0.05) is 55.8 Å². The lowest BCUT2D eigenvalue weighted by molar-refractivity contribution is 0.428. The molecule has 0 N–H and O–H groups in total. The highest BCUT2D eigenvalue weighted by atomic mass is 16.5. The van der Waals surface area contributed by atoms with Crippen molar-refractivity contribution in [1.29, 1.82) is 5.26 Å². The zero-order valence-electron chi connectivity index (χ0n) is 15.4. The predicted molar refractivity (Wildman–Crippen MR) is 102 cm³/mol. The van der Waals surface area contributed by atoms with Crippen molar-refractivity contribution in [1.82, 2.24) is 0 Å². The summed E-state index contributed by atoms with van der Waals surface area (Å²) >= 11 is 0. The normalized spacial score (nSPS) is 21.7. The topological polar surface area (TPSA) is 33.0 Å². The summed E-state index contributed by atoms with van der Waals surface area (Å²) in [5, 5.41) is 9.96. The summed E-state index contributed by atoms with van der Waals surface area (Å²) in [7, 11) is 0. The maximum atomic E-state index is 9.96. The fraction of sp³-hybridized carbons (Fsp3) is 0.348. The smallest absolute Gasteiger partial charge is 0.127 e. The summed E-state index contributed by atoms with van der Waals surface area (Å²) in [6.45, 7) is 8.72. The highest BCUT2D eigenvalue weighted by Gasteiger charge is 2.64. The molecule has 2 aromatic carbocycles. The van der Waals surface area contributed by atoms with Crippen LogP contribution in [0.1, 0.15) is 45.6 Å². The number of hydrogen-bond acceptors (Lipinski definition) is 2. The number of para-hydroxylation sites is 1. The predicted octanol–water partition coefficient (Wildman–Crippen LogP) is 6.47. The quantitative estimate of drug-likeness (QED) is 0.588. The number of benzene rings is 2. The van der Waals surface area contributed by atoms with Crippen LogP contribution in [0.15, 0.2) is 66.2 Å². The molecule has 2 heteroatoms. The van der Waals surface area contributed by atoms with Crippen molar-refractivity contribution < 1.29 is 4.74 Å². The molecule has 0 spiro atoms. The highest BCUT2D eigenvalue weighted by molar-refractivity contribution is 5.43. The Hall–Kier alpha value is -2.53. The Bertz CT molecular complexity index is 825. The van der Waals surface area contributed by atoms with E-state index in [9.17, 15) is 5.26 Å². The average Bonchev–Trinajstić information content (AvgIpc) is 3.09. The molecule has 2 atom stereocenters. The average molecular weight is 331 g/mol. The van der Waals surface area contributed by atoms with Crippen LogP contribution in [-0.4, -0.2) is 0 Å². The molecule has 1 saturated carbocycles. The van der Waals surface area contributed by atoms with Gasteiger partial charge in [0, 0.05) is 5.41 Å². The van der Waals surface area contributed by atoms with Gasteiger partial charge in [0.1, 0.15) is 11.5 Å². The molecule has 1 aliphatic rings. The van der Waals surface area contributed by atoms with E-state index in [0.29, 0.717) is 0 Å². The Morgan fingerprint density at radius 2 is 1.72 bits per heavy atom. The van der Waals surface area contributed by atoms with E-state index in [1.54, 1.807) is 0 Å². The van der Waals surface area contributed by atoms with E-state index in [1.165, 1.54) is 5.57 Å². The third-order valence-electron chi connectivity index (χ3n) is 5.23. The molecule has 0 saturated heterocycles. The zero-order valence-corrected chi connectivity index (χ0v) is 15.4. The monoisotopic (exact) mass is 331 g/mol. The van der Waals surface area contributed by atoms with Gasteiger partial charge in [-0.2, -0.15) is 5.26 Å². The van der Waals surface area contributed by atoms with E-state index >= 15 is 0 Å². The summed E-state index contributed by atoms with van der Waals surface area (Å²) in [4.78, 5) is 0. The fourth-order valence-electron chi connectivity index (χ4n) is 3.89. The van der Waals surface area contributed by atoms with E-state index < -0.39 is 0 Å². The van der Waals surface area contributed by atoms with E-state index in [0.717, 1.165) is 23.5 Å². The van der Waals surface area contributed by atoms with Crippen molar-refractivity contribution in [3.63, 3.8) is 0 Å². The molecule has 128 valence electrons. The lowest BCUT2D eigenvalue weighted by Gasteiger charge is -2.24. The van der Waals surface area contributed by atoms with Crippen molar-refractivity contribution in [2.24, 2.45) is 10.8 Å². The molecule has 0 heterocycles. The minimum absolute atomic E-state index is 0.0913. The number of nitrogens with zero attached hydrogens (tertiary/aromatic N) is 1. The standard InChI is InChI=1S/C23H25NO/c1-17(2)14-23(16-22(23,3)4)21(15-24)18-9-8-12-20(13-18)25-19-10-6-5-7-11-19/h5-14,21H,16H2,1-4H3/t21?,23-/m0/s1. The van der Waals surface area contributed by atoms with E-state index in [-0.39, 0.29) is 16.7 Å². The molecule has 0 radical (unpaired) electrons. The molecule has 0 amide bonds. The SMILES string of the molecule is CC(C)=C[C@@]1(C(C#N)c2cccc(Oc3ccccc3)c2)CC1(C)C. The van der Waals surface area contributed by atoms with Crippen molar-refractivity contribution in [3.05, 3.63) is 71.8 Å². The largest absolute Gasteiger partial charge is 0.457 e. The van der Waals surface area contributed by atoms with Crippen LogP contribution in [-0.2, 0) is 0 Å². The van der Waals surface area contributed by atoms with E-state index in [2.05, 4.69) is 39.8 Å². The van der Waals surface area contributed by atoms with Gasteiger partial charge in [-0.15, -0.1) is 0 Å². The molecule has 0 aliphatic heterocycles. The Labute approximate surface area is 150 Å². The van der Waals surface area contributed by atoms with E-state index in [4.69, 9.17) is 4.74 Å². The molecule has 3 rings (SSSR count). The van der Waals surface area contributed by atoms with Crippen molar-refractivity contribution >= 4 is 0 Å². The van der Waals surface area contributed by atoms with Gasteiger partial charge >= 0.3 is 0 Å². The van der Waals surface area contributed by atoms with Crippen LogP contribution < -0.4 is 4.74 Å². The number of rotatable bonds is 5. The maximum absolute atomic E-state index is 9.96. The van der Waals surface area contributed by atoms with Crippen LogP contribution >= 0.6 is 0 Å². The van der Waals surface area contributed by atoms with Crippen LogP contribution in [0.3, 0.4) is 0 Å². The molecule has 0 aromatic heterocycles.